The Labute approximate surface area is 765 Å². The van der Waals surface area contributed by atoms with Gasteiger partial charge in [-0.3, -0.25) is 91.1 Å². The lowest BCUT2D eigenvalue weighted by Gasteiger charge is -2.28. The molecule has 4 rings (SSSR count). The van der Waals surface area contributed by atoms with E-state index in [1.54, 1.807) is 65.0 Å². The van der Waals surface area contributed by atoms with Gasteiger partial charge in [0.25, 0.3) is 0 Å². The number of aliphatic hydroxyl groups is 5. The maximum Gasteiger partial charge on any atom is 0.304 e. The first-order chi connectivity index (χ1) is 61.8. The van der Waals surface area contributed by atoms with Gasteiger partial charge in [-0.1, -0.05) is 95.1 Å². The van der Waals surface area contributed by atoms with E-state index < -0.39 is 286 Å². The quantitative estimate of drug-likeness (QED) is 0.0357. The van der Waals surface area contributed by atoms with Gasteiger partial charge in [0.1, 0.15) is 29.1 Å². The largest absolute Gasteiger partial charge is 0.508 e. The first kappa shape index (κ1) is 112. The van der Waals surface area contributed by atoms with Crippen LogP contribution in [0.1, 0.15) is 187 Å². The molecule has 17 atom stereocenters. The number of thioether (sulfide) groups is 1. The molecule has 0 saturated carbocycles. The molecule has 131 heavy (non-hydrogen) atoms. The van der Waals surface area contributed by atoms with Crippen molar-refractivity contribution >= 4 is 123 Å². The van der Waals surface area contributed by atoms with Crippen molar-refractivity contribution < 1.29 is 142 Å². The molecule has 1 fully saturated rings. The third kappa shape index (κ3) is 41.5. The zero-order valence-corrected chi connectivity index (χ0v) is 76.1. The second-order valence-electron chi connectivity index (χ2n) is 34.4. The molecule has 0 spiro atoms. The first-order valence-electron chi connectivity index (χ1n) is 44.2. The lowest BCUT2D eigenvalue weighted by Crippen LogP contribution is -2.52. The van der Waals surface area contributed by atoms with E-state index >= 15 is 0 Å². The van der Waals surface area contributed by atoms with Crippen molar-refractivity contribution in [1.29, 1.82) is 0 Å². The molecule has 1 saturated heterocycles. The number of carboxylic acid groups (broad SMARTS) is 3. The van der Waals surface area contributed by atoms with E-state index in [-0.39, 0.29) is 110 Å². The minimum absolute atomic E-state index is 0.00266. The third-order valence-corrected chi connectivity index (χ3v) is 23.8. The number of carbonyl (C=O) groups is 19. The third-order valence-electron chi connectivity index (χ3n) is 22.8. The van der Waals surface area contributed by atoms with E-state index in [0.717, 1.165) is 25.6 Å². The Balaban J connectivity index is 1.53. The summed E-state index contributed by atoms with van der Waals surface area (Å²) in [5, 5.41) is 121. The number of aromatic hydroxyl groups is 2. The fourth-order valence-electron chi connectivity index (χ4n) is 15.0. The molecule has 3 aromatic carbocycles. The highest BCUT2D eigenvalue weighted by Crippen LogP contribution is 2.27. The molecule has 3 aromatic rings. The summed E-state index contributed by atoms with van der Waals surface area (Å²) in [6, 6.07) is 10.4. The molecule has 1 aliphatic heterocycles. The number of nitrogens with one attached hydrogen (secondary N) is 7. The SMILES string of the molecule is CC[C@H](C)[C@H](NC(=O)[C@H](CO)CC(=O)[C@H](Cc1ccc(O)cc1)NC(=O)[C@H](CC(=O)O)CC(=O)[C@H](CO)NC(=O)[C@@H](CC(=O)[C@H](Cc1ccccc1)NC(=O)[C@@H](CC(=O)CNC(=O)[C@H](CCC(=O)O)CC(=O)CSCC(=O)CCCN1C[C@@H](O)CC1=O)[C@@H](C)O)[C@@H](C)O)C(=O)C[C@@H](Cc1ccc(O)cc1)C(=O)N[C@@H](CC(C)C)C(=O)C[C@@H](CC(=O)O)C(=O)N[C@H](C)CCCCN. The highest BCUT2D eigenvalue weighted by Gasteiger charge is 2.41. The molecule has 0 bridgehead atoms. The van der Waals surface area contributed by atoms with E-state index in [1.807, 2.05) is 0 Å². The number of unbranched alkanes of at least 4 members (excludes halogenated alkanes) is 1. The number of benzene rings is 3. The van der Waals surface area contributed by atoms with Gasteiger partial charge in [0, 0.05) is 88.8 Å². The molecule has 1 heterocycles. The Morgan fingerprint density at radius 3 is 1.44 bits per heavy atom. The number of hydrogen-bond donors (Lipinski definition) is 18. The van der Waals surface area contributed by atoms with Crippen LogP contribution < -0.4 is 43.0 Å². The second kappa shape index (κ2) is 57.9. The average molecular weight is 1860 g/mol. The highest BCUT2D eigenvalue weighted by atomic mass is 32.2. The van der Waals surface area contributed by atoms with Crippen LogP contribution in [0.4, 0.5) is 0 Å². The maximum absolute atomic E-state index is 14.8. The minimum atomic E-state index is -1.99. The monoisotopic (exact) mass is 1860 g/mol. The molecule has 0 unspecified atom stereocenters. The maximum atomic E-state index is 14.8. The number of likely N-dealkylation sites (tertiary alicyclic amines) is 1. The Kier molecular flexibility index (Phi) is 49.6. The van der Waals surface area contributed by atoms with E-state index in [9.17, 15) is 142 Å². The van der Waals surface area contributed by atoms with Crippen molar-refractivity contribution in [2.75, 3.05) is 50.9 Å². The number of amides is 8. The van der Waals surface area contributed by atoms with Crippen LogP contribution in [0.3, 0.4) is 0 Å². The summed E-state index contributed by atoms with van der Waals surface area (Å²) in [6.07, 6.45) is -10.5. The number of aliphatic hydroxyl groups excluding tert-OH is 5. The number of nitrogens with two attached hydrogens (primary N) is 1. The minimum Gasteiger partial charge on any atom is -0.508 e. The fraction of sp³-hybridized carbons (Fsp3) is 0.598. The van der Waals surface area contributed by atoms with Gasteiger partial charge in [-0.25, -0.2) is 0 Å². The number of β-amino-alcohol motifs (C(OH)–C–C–N with tert-alkyl or cyclic N) is 1. The van der Waals surface area contributed by atoms with Gasteiger partial charge in [0.05, 0.1) is 123 Å². The van der Waals surface area contributed by atoms with Crippen molar-refractivity contribution in [2.45, 2.75) is 244 Å². The number of ketones is 8. The number of nitrogens with zero attached hydrogens (tertiary/aromatic N) is 1. The van der Waals surface area contributed by atoms with Gasteiger partial charge in [0.2, 0.25) is 47.3 Å². The first-order valence-corrected chi connectivity index (χ1v) is 45.4. The number of carbonyl (C=O) groups excluding carboxylic acids is 16. The topological polar surface area (TPSA) is 640 Å². The molecular formula is C92H131N9O29S. The lowest BCUT2D eigenvalue weighted by atomic mass is 9.85. The molecule has 0 aromatic heterocycles. The van der Waals surface area contributed by atoms with Crippen molar-refractivity contribution in [1.82, 2.24) is 42.1 Å². The second-order valence-corrected chi connectivity index (χ2v) is 35.4. The Hall–Kier alpha value is -11.1. The number of carboxylic acids is 3. The highest BCUT2D eigenvalue weighted by molar-refractivity contribution is 8.00. The Bertz CT molecular complexity index is 4360. The summed E-state index contributed by atoms with van der Waals surface area (Å²) in [7, 11) is 0. The predicted octanol–water partition coefficient (Wildman–Crippen LogP) is 1.66. The standard InChI is InChI=1S/C92H131N9O29S/c1-8-52(4)85(80(116)38-60(32-57-19-24-64(106)25-20-57)88(126)96-72(31-51(2)3)76(112)36-61(40-83(120)121)87(125)95-53(5)15-12-13-29-93)100-90(128)63(47-102)39-77(113)73(34-58-21-26-65(107)27-22-58)97-89(127)62(41-84(122)123)37-78(114)75(48-103)99-92(130)71(55(7)105)44-79(115)74(33-56-16-10-9-11-17-56)98-91(129)70(54(6)104)42-67(109)45-94-86(124)59(23-28-82(118)119)35-69(111)50-131-49-66(108)18-14-30-101-46-68(110)43-81(101)117/h9-11,16-17,19-22,24-27,51-55,59-63,68,70-75,85,102-107,110H,8,12-15,18,23,28-50,93H2,1-7H3,(H,94,124)(H,95,125)(H,96,126)(H,97,127)(H,98,129)(H,99,130)(H,100,128)(H,118,119)(H,120,121)(H,122,123)/t52-,53+,54+,55+,59+,60+,61-,62-,63-,68-,70-,71-,72-,73-,74-,75-,85-/m0/s1. The fourth-order valence-corrected chi connectivity index (χ4v) is 15.8. The average Bonchev–Trinajstić information content (AvgIpc) is 1.67. The van der Waals surface area contributed by atoms with Crippen LogP contribution in [0.2, 0.25) is 0 Å². The van der Waals surface area contributed by atoms with Crippen LogP contribution in [0, 0.1) is 53.3 Å². The molecule has 1 aliphatic rings. The smallest absolute Gasteiger partial charge is 0.304 e. The van der Waals surface area contributed by atoms with Gasteiger partial charge < -0.3 is 98.9 Å². The van der Waals surface area contributed by atoms with Crippen molar-refractivity contribution in [3.63, 3.8) is 0 Å². The van der Waals surface area contributed by atoms with Gasteiger partial charge >= 0.3 is 17.9 Å². The van der Waals surface area contributed by atoms with Gasteiger partial charge in [0.15, 0.2) is 34.7 Å². The molecule has 0 aliphatic carbocycles. The zero-order valence-electron chi connectivity index (χ0n) is 75.3. The van der Waals surface area contributed by atoms with Crippen LogP contribution in [0.5, 0.6) is 11.5 Å². The summed E-state index contributed by atoms with van der Waals surface area (Å²) in [6.45, 7) is 8.58. The molecular weight excluding hydrogens is 1730 g/mol. The zero-order chi connectivity index (χ0) is 97.9. The lowest BCUT2D eigenvalue weighted by molar-refractivity contribution is -0.143. The number of phenolic OH excluding ortho intramolecular Hbond substituents is 2. The molecule has 8 amide bonds. The Morgan fingerprint density at radius 1 is 0.458 bits per heavy atom. The molecule has 38 nitrogen and oxygen atoms in total. The summed E-state index contributed by atoms with van der Waals surface area (Å²) >= 11 is 0.966. The summed E-state index contributed by atoms with van der Waals surface area (Å²) in [5.41, 5.74) is 6.77. The molecule has 19 N–H and O–H groups in total. The predicted molar refractivity (Wildman–Crippen MR) is 475 cm³/mol. The van der Waals surface area contributed by atoms with Crippen LogP contribution in [0.25, 0.3) is 0 Å². The van der Waals surface area contributed by atoms with Crippen LogP contribution in [-0.4, -0.2) is 273 Å². The van der Waals surface area contributed by atoms with E-state index in [1.165, 1.54) is 53.4 Å². The van der Waals surface area contributed by atoms with Crippen molar-refractivity contribution in [3.05, 3.63) is 95.6 Å². The van der Waals surface area contributed by atoms with Gasteiger partial charge in [-0.2, -0.15) is 0 Å². The summed E-state index contributed by atoms with van der Waals surface area (Å²) in [5.74, 6) is -30.2. The number of Topliss-reactive ketones (excluding diaryl/α,β-unsaturated/α-hetero) is 8. The summed E-state index contributed by atoms with van der Waals surface area (Å²) in [4.78, 5) is 261. The number of aliphatic carboxylic acids is 3. The van der Waals surface area contributed by atoms with Crippen molar-refractivity contribution in [3.8, 4) is 11.5 Å². The van der Waals surface area contributed by atoms with Gasteiger partial charge in [-0.05, 0) is 131 Å². The van der Waals surface area contributed by atoms with E-state index in [0.29, 0.717) is 43.4 Å². The normalized spacial score (nSPS) is 16.2. The number of hydrogen-bond acceptors (Lipinski definition) is 28. The Morgan fingerprint density at radius 2 is 0.931 bits per heavy atom. The molecule has 39 heteroatoms. The van der Waals surface area contributed by atoms with Crippen molar-refractivity contribution in [2.24, 2.45) is 59.0 Å². The van der Waals surface area contributed by atoms with E-state index in [4.69, 9.17) is 5.73 Å². The van der Waals surface area contributed by atoms with Crippen LogP contribution >= 0.6 is 11.8 Å². The number of rotatable bonds is 67. The molecule has 724 valence electrons. The van der Waals surface area contributed by atoms with Gasteiger partial charge in [-0.15, -0.1) is 11.8 Å². The molecule has 0 radical (unpaired) electrons. The summed E-state index contributed by atoms with van der Waals surface area (Å²) < 4.78 is 0. The van der Waals surface area contributed by atoms with Crippen LogP contribution in [-0.2, 0) is 110 Å². The van der Waals surface area contributed by atoms with Crippen LogP contribution in [0.15, 0.2) is 78.9 Å². The number of phenols is 2. The van der Waals surface area contributed by atoms with E-state index in [2.05, 4.69) is 37.2 Å².